The van der Waals surface area contributed by atoms with E-state index in [1.54, 1.807) is 6.26 Å². The van der Waals surface area contributed by atoms with E-state index in [1.165, 1.54) is 5.56 Å². The molecule has 0 amide bonds. The summed E-state index contributed by atoms with van der Waals surface area (Å²) in [5, 5.41) is 3.57. The van der Waals surface area contributed by atoms with E-state index in [2.05, 4.69) is 26.1 Å². The average molecular weight is 239 g/mol. The fourth-order valence-corrected chi connectivity index (χ4v) is 2.00. The molecule has 0 aliphatic heterocycles. The number of rotatable bonds is 8. The molecule has 1 atom stereocenters. The molecule has 17 heavy (non-hydrogen) atoms. The van der Waals surface area contributed by atoms with Gasteiger partial charge in [-0.05, 0) is 51.8 Å². The van der Waals surface area contributed by atoms with E-state index >= 15 is 0 Å². The number of furan rings is 1. The smallest absolute Gasteiger partial charge is 0.0935 e. The van der Waals surface area contributed by atoms with Crippen molar-refractivity contribution in [2.45, 2.75) is 52.2 Å². The summed E-state index contributed by atoms with van der Waals surface area (Å²) >= 11 is 0. The van der Waals surface area contributed by atoms with E-state index in [1.807, 2.05) is 19.3 Å². The third-order valence-electron chi connectivity index (χ3n) is 3.02. The monoisotopic (exact) mass is 239 g/mol. The van der Waals surface area contributed by atoms with Crippen LogP contribution in [-0.4, -0.2) is 24.8 Å². The lowest BCUT2D eigenvalue weighted by Crippen LogP contribution is -2.50. The Hall–Kier alpha value is -0.800. The highest BCUT2D eigenvalue weighted by Gasteiger charge is 2.29. The minimum atomic E-state index is -0.165. The van der Waals surface area contributed by atoms with E-state index < -0.39 is 0 Å². The first kappa shape index (κ1) is 14.3. The molecule has 0 saturated carbocycles. The van der Waals surface area contributed by atoms with Gasteiger partial charge < -0.3 is 14.5 Å². The van der Waals surface area contributed by atoms with Crippen LogP contribution in [0.5, 0.6) is 0 Å². The zero-order valence-corrected chi connectivity index (χ0v) is 11.5. The topological polar surface area (TPSA) is 34.4 Å². The van der Waals surface area contributed by atoms with Crippen molar-refractivity contribution in [2.75, 3.05) is 13.2 Å². The molecule has 1 aromatic heterocycles. The average Bonchev–Trinajstić information content (AvgIpc) is 2.76. The largest absolute Gasteiger partial charge is 0.472 e. The lowest BCUT2D eigenvalue weighted by atomic mass is 9.93. The molecule has 0 fully saturated rings. The van der Waals surface area contributed by atoms with Gasteiger partial charge in [0.05, 0.1) is 18.1 Å². The molecule has 1 N–H and O–H groups in total. The fourth-order valence-electron chi connectivity index (χ4n) is 2.00. The number of nitrogens with one attached hydrogen (secondary N) is 1. The highest BCUT2D eigenvalue weighted by atomic mass is 16.5. The molecule has 1 rings (SSSR count). The van der Waals surface area contributed by atoms with Crippen molar-refractivity contribution < 1.29 is 9.15 Å². The second-order valence-electron chi connectivity index (χ2n) is 4.88. The maximum Gasteiger partial charge on any atom is 0.0935 e. The van der Waals surface area contributed by atoms with E-state index in [-0.39, 0.29) is 5.60 Å². The van der Waals surface area contributed by atoms with Crippen molar-refractivity contribution in [3.05, 3.63) is 24.2 Å². The quantitative estimate of drug-likeness (QED) is 0.757. The Morgan fingerprint density at radius 2 is 2.18 bits per heavy atom. The van der Waals surface area contributed by atoms with E-state index in [9.17, 15) is 0 Å². The summed E-state index contributed by atoms with van der Waals surface area (Å²) in [7, 11) is 0. The number of hydrogen-bond donors (Lipinski definition) is 1. The van der Waals surface area contributed by atoms with Gasteiger partial charge in [0, 0.05) is 12.6 Å². The van der Waals surface area contributed by atoms with Crippen molar-refractivity contribution in [1.82, 2.24) is 5.32 Å². The predicted molar refractivity (Wildman–Crippen MR) is 70.2 cm³/mol. The van der Waals surface area contributed by atoms with Gasteiger partial charge in [0.2, 0.25) is 0 Å². The molecular weight excluding hydrogens is 214 g/mol. The normalized spacial score (nSPS) is 13.9. The van der Waals surface area contributed by atoms with Crippen molar-refractivity contribution >= 4 is 0 Å². The summed E-state index contributed by atoms with van der Waals surface area (Å²) in [6, 6.07) is 2.32. The van der Waals surface area contributed by atoms with Crippen LogP contribution < -0.4 is 5.32 Å². The summed E-state index contributed by atoms with van der Waals surface area (Å²) in [6.07, 6.45) is 5.59. The molecule has 98 valence electrons. The molecule has 1 heterocycles. The van der Waals surface area contributed by atoms with Gasteiger partial charge in [0.25, 0.3) is 0 Å². The van der Waals surface area contributed by atoms with Crippen LogP contribution in [-0.2, 0) is 11.2 Å². The van der Waals surface area contributed by atoms with Crippen LogP contribution in [0.1, 0.15) is 39.7 Å². The molecule has 0 saturated heterocycles. The lowest BCUT2D eigenvalue weighted by molar-refractivity contribution is -0.0380. The Labute approximate surface area is 105 Å². The maximum atomic E-state index is 5.84. The van der Waals surface area contributed by atoms with Crippen LogP contribution in [0, 0.1) is 0 Å². The molecule has 1 aromatic rings. The zero-order chi connectivity index (χ0) is 12.7. The van der Waals surface area contributed by atoms with Crippen LogP contribution in [0.25, 0.3) is 0 Å². The molecule has 3 heteroatoms. The highest BCUT2D eigenvalue weighted by Crippen LogP contribution is 2.19. The van der Waals surface area contributed by atoms with Crippen molar-refractivity contribution in [1.29, 1.82) is 0 Å². The van der Waals surface area contributed by atoms with Crippen LogP contribution in [0.3, 0.4) is 0 Å². The van der Waals surface area contributed by atoms with E-state index in [0.29, 0.717) is 6.04 Å². The van der Waals surface area contributed by atoms with Crippen molar-refractivity contribution in [3.8, 4) is 0 Å². The first-order valence-electron chi connectivity index (χ1n) is 6.48. The summed E-state index contributed by atoms with van der Waals surface area (Å²) in [4.78, 5) is 0. The minimum Gasteiger partial charge on any atom is -0.472 e. The van der Waals surface area contributed by atoms with Crippen LogP contribution in [0.4, 0.5) is 0 Å². The van der Waals surface area contributed by atoms with Crippen LogP contribution >= 0.6 is 0 Å². The number of hydrogen-bond acceptors (Lipinski definition) is 3. The standard InChI is InChI=1S/C14H25NO2/c1-5-8-15-13(14(3,4)17-6-2)10-12-7-9-16-11-12/h7,9,11,13,15H,5-6,8,10H2,1-4H3. The molecule has 0 radical (unpaired) electrons. The summed E-state index contributed by atoms with van der Waals surface area (Å²) in [5.41, 5.74) is 1.05. The molecule has 0 aliphatic rings. The van der Waals surface area contributed by atoms with Gasteiger partial charge in [-0.25, -0.2) is 0 Å². The fraction of sp³-hybridized carbons (Fsp3) is 0.714. The highest BCUT2D eigenvalue weighted by molar-refractivity contribution is 5.09. The molecular formula is C14H25NO2. The Bertz CT molecular complexity index is 293. The predicted octanol–water partition coefficient (Wildman–Crippen LogP) is 3.01. The second-order valence-corrected chi connectivity index (χ2v) is 4.88. The molecule has 0 aromatic carbocycles. The SMILES string of the molecule is CCCNC(Cc1ccoc1)C(C)(C)OCC. The minimum absolute atomic E-state index is 0.165. The molecule has 1 unspecified atom stereocenters. The number of ether oxygens (including phenoxy) is 1. The van der Waals surface area contributed by atoms with Crippen LogP contribution in [0.15, 0.2) is 23.0 Å². The second kappa shape index (κ2) is 6.82. The molecule has 3 nitrogen and oxygen atoms in total. The molecule has 0 aliphatic carbocycles. The van der Waals surface area contributed by atoms with Gasteiger partial charge in [-0.1, -0.05) is 6.92 Å². The third kappa shape index (κ3) is 4.52. The molecule has 0 spiro atoms. The molecule has 0 bridgehead atoms. The maximum absolute atomic E-state index is 5.84. The first-order chi connectivity index (χ1) is 8.10. The Balaban J connectivity index is 2.65. The summed E-state index contributed by atoms with van der Waals surface area (Å²) < 4.78 is 11.0. The lowest BCUT2D eigenvalue weighted by Gasteiger charge is -2.35. The van der Waals surface area contributed by atoms with Gasteiger partial charge in [0.1, 0.15) is 0 Å². The Morgan fingerprint density at radius 3 is 2.71 bits per heavy atom. The van der Waals surface area contributed by atoms with E-state index in [0.717, 1.165) is 26.0 Å². The van der Waals surface area contributed by atoms with Crippen molar-refractivity contribution in [2.24, 2.45) is 0 Å². The van der Waals surface area contributed by atoms with Gasteiger partial charge in [-0.15, -0.1) is 0 Å². The van der Waals surface area contributed by atoms with Gasteiger partial charge in [-0.2, -0.15) is 0 Å². The van der Waals surface area contributed by atoms with Gasteiger partial charge in [0.15, 0.2) is 0 Å². The van der Waals surface area contributed by atoms with Gasteiger partial charge in [-0.3, -0.25) is 0 Å². The van der Waals surface area contributed by atoms with Crippen molar-refractivity contribution in [3.63, 3.8) is 0 Å². The summed E-state index contributed by atoms with van der Waals surface area (Å²) in [6.45, 7) is 10.3. The van der Waals surface area contributed by atoms with E-state index in [4.69, 9.17) is 9.15 Å². The van der Waals surface area contributed by atoms with Gasteiger partial charge >= 0.3 is 0 Å². The van der Waals surface area contributed by atoms with Crippen LogP contribution in [0.2, 0.25) is 0 Å². The third-order valence-corrected chi connectivity index (χ3v) is 3.02. The Morgan fingerprint density at radius 1 is 1.41 bits per heavy atom. The Kier molecular flexibility index (Phi) is 5.72. The zero-order valence-electron chi connectivity index (χ0n) is 11.5. The summed E-state index contributed by atoms with van der Waals surface area (Å²) in [5.74, 6) is 0. The first-order valence-corrected chi connectivity index (χ1v) is 6.48.